The third-order valence-corrected chi connectivity index (χ3v) is 4.53. The summed E-state index contributed by atoms with van der Waals surface area (Å²) < 4.78 is 7.23. The van der Waals surface area contributed by atoms with Gasteiger partial charge in [0, 0.05) is 17.1 Å². The molecule has 3 rings (SSSR count). The minimum absolute atomic E-state index is 0.202. The maximum Gasteiger partial charge on any atom is 0.313 e. The molecule has 2 aromatic carbocycles. The number of carbonyl (C=O) groups is 1. The van der Waals surface area contributed by atoms with E-state index in [1.165, 1.54) is 0 Å². The molecule has 0 amide bonds. The van der Waals surface area contributed by atoms with E-state index in [-0.39, 0.29) is 11.9 Å². The average Bonchev–Trinajstić information content (AvgIpc) is 2.99. The van der Waals surface area contributed by atoms with E-state index in [2.05, 4.69) is 16.5 Å². The van der Waals surface area contributed by atoms with Crippen LogP contribution in [0.3, 0.4) is 0 Å². The molecule has 0 saturated carbocycles. The Kier molecular flexibility index (Phi) is 5.09. The fraction of sp³-hybridized carbons (Fsp3) is 0.300. The first-order valence-corrected chi connectivity index (χ1v) is 8.86. The van der Waals surface area contributed by atoms with Gasteiger partial charge in [-0.25, -0.2) is 4.98 Å². The Labute approximate surface area is 152 Å². The van der Waals surface area contributed by atoms with Crippen LogP contribution in [0.4, 0.5) is 0 Å². The molecule has 1 unspecified atom stereocenters. The van der Waals surface area contributed by atoms with E-state index in [0.717, 1.165) is 34.5 Å². The van der Waals surface area contributed by atoms with Gasteiger partial charge in [0.15, 0.2) is 0 Å². The minimum atomic E-state index is -0.280. The zero-order valence-electron chi connectivity index (χ0n) is 14.6. The molecule has 0 aliphatic carbocycles. The highest BCUT2D eigenvalue weighted by atomic mass is 35.5. The van der Waals surface area contributed by atoms with E-state index in [1.807, 2.05) is 56.3 Å². The number of aromatic nitrogens is 2. The number of esters is 1. The largest absolute Gasteiger partial charge is 0.466 e. The highest BCUT2D eigenvalue weighted by Gasteiger charge is 2.17. The number of halogens is 1. The fourth-order valence-electron chi connectivity index (χ4n) is 2.94. The topological polar surface area (TPSA) is 44.1 Å². The monoisotopic (exact) mass is 356 g/mol. The van der Waals surface area contributed by atoms with Crippen molar-refractivity contribution in [2.45, 2.75) is 33.1 Å². The molecular formula is C20H21ClN2O2. The minimum Gasteiger partial charge on any atom is -0.466 e. The molecule has 1 aromatic heterocycles. The molecule has 0 bridgehead atoms. The van der Waals surface area contributed by atoms with Crippen LogP contribution in [0.1, 0.15) is 38.1 Å². The Morgan fingerprint density at radius 3 is 2.56 bits per heavy atom. The molecule has 5 heteroatoms. The number of nitrogens with zero attached hydrogens (tertiary/aromatic N) is 2. The molecule has 0 fully saturated rings. The number of imidazole rings is 1. The van der Waals surface area contributed by atoms with Gasteiger partial charge in [-0.2, -0.15) is 0 Å². The van der Waals surface area contributed by atoms with Crippen molar-refractivity contribution >= 4 is 28.6 Å². The first kappa shape index (κ1) is 17.5. The van der Waals surface area contributed by atoms with Crippen molar-refractivity contribution in [2.75, 3.05) is 6.61 Å². The third kappa shape index (κ3) is 3.40. The summed E-state index contributed by atoms with van der Waals surface area (Å²) in [7, 11) is 0. The lowest BCUT2D eigenvalue weighted by Gasteiger charge is -2.13. The van der Waals surface area contributed by atoms with Gasteiger partial charge in [-0.05, 0) is 49.7 Å². The lowest BCUT2D eigenvalue weighted by molar-refractivity contribution is -0.144. The maximum absolute atomic E-state index is 11.9. The van der Waals surface area contributed by atoms with Crippen molar-refractivity contribution < 1.29 is 9.53 Å². The van der Waals surface area contributed by atoms with Crippen LogP contribution in [0.2, 0.25) is 5.02 Å². The highest BCUT2D eigenvalue weighted by molar-refractivity contribution is 6.31. The molecule has 0 saturated heterocycles. The Morgan fingerprint density at radius 1 is 1.20 bits per heavy atom. The maximum atomic E-state index is 11.9. The van der Waals surface area contributed by atoms with Crippen LogP contribution in [0, 0.1) is 0 Å². The summed E-state index contributed by atoms with van der Waals surface area (Å²) >= 11 is 6.09. The summed E-state index contributed by atoms with van der Waals surface area (Å²) in [6, 6.07) is 13.7. The van der Waals surface area contributed by atoms with Gasteiger partial charge in [-0.1, -0.05) is 30.7 Å². The van der Waals surface area contributed by atoms with Gasteiger partial charge in [0.05, 0.1) is 23.6 Å². The summed E-state index contributed by atoms with van der Waals surface area (Å²) in [6.45, 7) is 6.15. The summed E-state index contributed by atoms with van der Waals surface area (Å²) in [5, 5.41) is 0.679. The summed E-state index contributed by atoms with van der Waals surface area (Å²) in [4.78, 5) is 16.6. The second kappa shape index (κ2) is 7.28. The molecule has 0 spiro atoms. The van der Waals surface area contributed by atoms with Gasteiger partial charge < -0.3 is 4.74 Å². The molecule has 1 atom stereocenters. The Balaban J connectivity index is 2.00. The SMILES string of the molecule is CCOC(=O)C(C)c1ccc(-n2c(CC)nc3cc(Cl)ccc32)cc1. The Hall–Kier alpha value is -2.33. The molecular weight excluding hydrogens is 336 g/mol. The molecule has 0 N–H and O–H groups in total. The van der Waals surface area contributed by atoms with Gasteiger partial charge in [-0.3, -0.25) is 9.36 Å². The van der Waals surface area contributed by atoms with Crippen LogP contribution in [-0.4, -0.2) is 22.1 Å². The molecule has 4 nitrogen and oxygen atoms in total. The molecule has 0 aliphatic rings. The van der Waals surface area contributed by atoms with Crippen molar-refractivity contribution in [2.24, 2.45) is 0 Å². The first-order chi connectivity index (χ1) is 12.0. The fourth-order valence-corrected chi connectivity index (χ4v) is 3.11. The molecule has 25 heavy (non-hydrogen) atoms. The molecule has 1 heterocycles. The summed E-state index contributed by atoms with van der Waals surface area (Å²) in [5.74, 6) is 0.494. The van der Waals surface area contributed by atoms with Crippen molar-refractivity contribution in [1.29, 1.82) is 0 Å². The van der Waals surface area contributed by atoms with Crippen molar-refractivity contribution in [3.63, 3.8) is 0 Å². The van der Waals surface area contributed by atoms with E-state index in [9.17, 15) is 4.79 Å². The summed E-state index contributed by atoms with van der Waals surface area (Å²) in [5.41, 5.74) is 3.86. The zero-order chi connectivity index (χ0) is 18.0. The lowest BCUT2D eigenvalue weighted by atomic mass is 10.0. The van der Waals surface area contributed by atoms with Gasteiger partial charge in [0.2, 0.25) is 0 Å². The third-order valence-electron chi connectivity index (χ3n) is 4.29. The number of hydrogen-bond donors (Lipinski definition) is 0. The van der Waals surface area contributed by atoms with Gasteiger partial charge in [0.25, 0.3) is 0 Å². The summed E-state index contributed by atoms with van der Waals surface area (Å²) in [6.07, 6.45) is 0.813. The van der Waals surface area contributed by atoms with E-state index in [0.29, 0.717) is 11.6 Å². The molecule has 130 valence electrons. The second-order valence-electron chi connectivity index (χ2n) is 5.92. The number of aryl methyl sites for hydroxylation is 1. The van der Waals surface area contributed by atoms with Crippen LogP contribution in [0.15, 0.2) is 42.5 Å². The quantitative estimate of drug-likeness (QED) is 0.610. The molecule has 3 aromatic rings. The van der Waals surface area contributed by atoms with Crippen molar-refractivity contribution in [1.82, 2.24) is 9.55 Å². The van der Waals surface area contributed by atoms with Crippen molar-refractivity contribution in [3.05, 3.63) is 58.9 Å². The molecule has 0 aliphatic heterocycles. The number of ether oxygens (including phenoxy) is 1. The van der Waals surface area contributed by atoms with Gasteiger partial charge in [0.1, 0.15) is 5.82 Å². The van der Waals surface area contributed by atoms with Crippen LogP contribution in [0.25, 0.3) is 16.7 Å². The van der Waals surface area contributed by atoms with Gasteiger partial charge >= 0.3 is 5.97 Å². The standard InChI is InChI=1S/C20H21ClN2O2/c1-4-19-22-17-12-15(21)8-11-18(17)23(19)16-9-6-14(7-10-16)13(3)20(24)25-5-2/h6-13H,4-5H2,1-3H3. The van der Waals surface area contributed by atoms with Crippen LogP contribution >= 0.6 is 11.6 Å². The highest BCUT2D eigenvalue weighted by Crippen LogP contribution is 2.26. The average molecular weight is 357 g/mol. The lowest BCUT2D eigenvalue weighted by Crippen LogP contribution is -2.13. The number of hydrogen-bond acceptors (Lipinski definition) is 3. The van der Waals surface area contributed by atoms with Crippen LogP contribution < -0.4 is 0 Å². The van der Waals surface area contributed by atoms with E-state index >= 15 is 0 Å². The van der Waals surface area contributed by atoms with E-state index < -0.39 is 0 Å². The van der Waals surface area contributed by atoms with Crippen molar-refractivity contribution in [3.8, 4) is 5.69 Å². The van der Waals surface area contributed by atoms with Crippen LogP contribution in [-0.2, 0) is 16.0 Å². The normalized spacial score (nSPS) is 12.3. The van der Waals surface area contributed by atoms with Crippen LogP contribution in [0.5, 0.6) is 0 Å². The zero-order valence-corrected chi connectivity index (χ0v) is 15.4. The number of rotatable bonds is 5. The number of fused-ring (bicyclic) bond motifs is 1. The molecule has 0 radical (unpaired) electrons. The predicted octanol–water partition coefficient (Wildman–Crippen LogP) is 4.91. The van der Waals surface area contributed by atoms with E-state index in [1.54, 1.807) is 0 Å². The first-order valence-electron chi connectivity index (χ1n) is 8.49. The predicted molar refractivity (Wildman–Crippen MR) is 101 cm³/mol. The Bertz CT molecular complexity index is 900. The van der Waals surface area contributed by atoms with Gasteiger partial charge in [-0.15, -0.1) is 0 Å². The Morgan fingerprint density at radius 2 is 1.92 bits per heavy atom. The van der Waals surface area contributed by atoms with E-state index in [4.69, 9.17) is 16.3 Å². The number of carbonyl (C=O) groups excluding carboxylic acids is 1. The smallest absolute Gasteiger partial charge is 0.313 e. The second-order valence-corrected chi connectivity index (χ2v) is 6.35. The number of benzene rings is 2.